The molecule has 0 bridgehead atoms. The molecule has 0 fully saturated rings. The van der Waals surface area contributed by atoms with Gasteiger partial charge in [-0.15, -0.1) is 0 Å². The molecule has 0 unspecified atom stereocenters. The number of benzene rings is 1. The normalized spacial score (nSPS) is 11.8. The van der Waals surface area contributed by atoms with Gasteiger partial charge in [0.25, 0.3) is 0 Å². The SMILES string of the molecule is COCC(=O)N[C@H](Cc1ccc(OC)c(Cl)c1)C(=O)O. The maximum atomic E-state index is 11.4. The third-order valence-electron chi connectivity index (χ3n) is 2.56. The zero-order valence-electron chi connectivity index (χ0n) is 11.2. The van der Waals surface area contributed by atoms with Crippen molar-refractivity contribution in [2.45, 2.75) is 12.5 Å². The number of carbonyl (C=O) groups is 2. The molecule has 1 amide bonds. The fourth-order valence-electron chi connectivity index (χ4n) is 1.64. The lowest BCUT2D eigenvalue weighted by atomic mass is 10.1. The van der Waals surface area contributed by atoms with Gasteiger partial charge in [-0.3, -0.25) is 4.79 Å². The molecular weight excluding hydrogens is 286 g/mol. The Hall–Kier alpha value is -1.79. The Kier molecular flexibility index (Phi) is 6.27. The summed E-state index contributed by atoms with van der Waals surface area (Å²) in [7, 11) is 2.85. The standard InChI is InChI=1S/C13H16ClNO5/c1-19-7-12(16)15-10(13(17)18)6-8-3-4-11(20-2)9(14)5-8/h3-5,10H,6-7H2,1-2H3,(H,15,16)(H,17,18)/t10-/m1/s1. The summed E-state index contributed by atoms with van der Waals surface area (Å²) >= 11 is 5.97. The minimum atomic E-state index is -1.12. The highest BCUT2D eigenvalue weighted by Gasteiger charge is 2.20. The van der Waals surface area contributed by atoms with Crippen molar-refractivity contribution in [2.75, 3.05) is 20.8 Å². The highest BCUT2D eigenvalue weighted by atomic mass is 35.5. The van der Waals surface area contributed by atoms with Gasteiger partial charge in [-0.05, 0) is 17.7 Å². The van der Waals surface area contributed by atoms with Crippen LogP contribution in [0.5, 0.6) is 5.75 Å². The van der Waals surface area contributed by atoms with Gasteiger partial charge < -0.3 is 19.9 Å². The van der Waals surface area contributed by atoms with Gasteiger partial charge in [0.15, 0.2) is 0 Å². The molecule has 0 spiro atoms. The van der Waals surface area contributed by atoms with E-state index in [1.54, 1.807) is 18.2 Å². The van der Waals surface area contributed by atoms with Crippen LogP contribution in [-0.4, -0.2) is 43.9 Å². The van der Waals surface area contributed by atoms with Crippen molar-refractivity contribution < 1.29 is 24.2 Å². The molecule has 0 saturated carbocycles. The number of methoxy groups -OCH3 is 2. The van der Waals surface area contributed by atoms with E-state index in [2.05, 4.69) is 10.1 Å². The van der Waals surface area contributed by atoms with Crippen molar-refractivity contribution in [1.82, 2.24) is 5.32 Å². The molecule has 0 heterocycles. The molecule has 0 aromatic heterocycles. The number of amides is 1. The van der Waals surface area contributed by atoms with E-state index in [0.717, 1.165) is 0 Å². The molecule has 0 aliphatic rings. The summed E-state index contributed by atoms with van der Waals surface area (Å²) in [6.45, 7) is -0.187. The van der Waals surface area contributed by atoms with Crippen LogP contribution in [0.2, 0.25) is 5.02 Å². The molecule has 20 heavy (non-hydrogen) atoms. The van der Waals surface area contributed by atoms with E-state index in [9.17, 15) is 9.59 Å². The molecule has 7 heteroatoms. The number of carboxylic acids is 1. The van der Waals surface area contributed by atoms with Crippen molar-refractivity contribution in [3.63, 3.8) is 0 Å². The number of aliphatic carboxylic acids is 1. The quantitative estimate of drug-likeness (QED) is 0.788. The summed E-state index contributed by atoms with van der Waals surface area (Å²) < 4.78 is 9.66. The predicted molar refractivity (Wildman–Crippen MR) is 73.2 cm³/mol. The van der Waals surface area contributed by atoms with E-state index >= 15 is 0 Å². The lowest BCUT2D eigenvalue weighted by molar-refractivity contribution is -0.142. The van der Waals surface area contributed by atoms with Gasteiger partial charge in [-0.2, -0.15) is 0 Å². The van der Waals surface area contributed by atoms with Crippen LogP contribution in [0.4, 0.5) is 0 Å². The summed E-state index contributed by atoms with van der Waals surface area (Å²) in [5.41, 5.74) is 0.681. The van der Waals surface area contributed by atoms with Gasteiger partial charge >= 0.3 is 5.97 Å². The van der Waals surface area contributed by atoms with Crippen molar-refractivity contribution >= 4 is 23.5 Å². The van der Waals surface area contributed by atoms with Crippen LogP contribution in [0.15, 0.2) is 18.2 Å². The molecule has 1 rings (SSSR count). The number of carbonyl (C=O) groups excluding carboxylic acids is 1. The van der Waals surface area contributed by atoms with Gasteiger partial charge in [0.1, 0.15) is 18.4 Å². The highest BCUT2D eigenvalue weighted by Crippen LogP contribution is 2.25. The maximum absolute atomic E-state index is 11.4. The molecule has 6 nitrogen and oxygen atoms in total. The largest absolute Gasteiger partial charge is 0.495 e. The summed E-state index contributed by atoms with van der Waals surface area (Å²) in [6.07, 6.45) is 0.120. The Morgan fingerprint density at radius 1 is 1.40 bits per heavy atom. The molecule has 0 saturated heterocycles. The first-order valence-corrected chi connectivity index (χ1v) is 6.19. The van der Waals surface area contributed by atoms with E-state index in [4.69, 9.17) is 21.4 Å². The van der Waals surface area contributed by atoms with E-state index in [0.29, 0.717) is 16.3 Å². The molecular formula is C13H16ClNO5. The summed E-state index contributed by atoms with van der Waals surface area (Å²) in [4.78, 5) is 22.5. The lowest BCUT2D eigenvalue weighted by Gasteiger charge is -2.15. The van der Waals surface area contributed by atoms with Crippen molar-refractivity contribution in [1.29, 1.82) is 0 Å². The van der Waals surface area contributed by atoms with Crippen LogP contribution in [0, 0.1) is 0 Å². The zero-order valence-corrected chi connectivity index (χ0v) is 11.9. The summed E-state index contributed by atoms with van der Waals surface area (Å²) in [5, 5.41) is 11.9. The fraction of sp³-hybridized carbons (Fsp3) is 0.385. The molecule has 2 N–H and O–H groups in total. The molecule has 1 atom stereocenters. The minimum absolute atomic E-state index is 0.120. The van der Waals surface area contributed by atoms with Crippen molar-refractivity contribution in [3.05, 3.63) is 28.8 Å². The Morgan fingerprint density at radius 3 is 2.60 bits per heavy atom. The Bertz CT molecular complexity index is 492. The first kappa shape index (κ1) is 16.3. The third-order valence-corrected chi connectivity index (χ3v) is 2.86. The van der Waals surface area contributed by atoms with Gasteiger partial charge in [0, 0.05) is 13.5 Å². The van der Waals surface area contributed by atoms with Crippen molar-refractivity contribution in [3.8, 4) is 5.75 Å². The van der Waals surface area contributed by atoms with Gasteiger partial charge in [0.2, 0.25) is 5.91 Å². The van der Waals surface area contributed by atoms with Crippen LogP contribution < -0.4 is 10.1 Å². The summed E-state index contributed by atoms with van der Waals surface area (Å²) in [5.74, 6) is -1.10. The number of hydrogen-bond donors (Lipinski definition) is 2. The lowest BCUT2D eigenvalue weighted by Crippen LogP contribution is -2.43. The summed E-state index contributed by atoms with van der Waals surface area (Å²) in [6, 6.07) is 3.91. The van der Waals surface area contributed by atoms with Crippen LogP contribution >= 0.6 is 11.6 Å². The second kappa shape index (κ2) is 7.72. The molecule has 0 radical (unpaired) electrons. The van der Waals surface area contributed by atoms with Crippen molar-refractivity contribution in [2.24, 2.45) is 0 Å². The van der Waals surface area contributed by atoms with E-state index in [-0.39, 0.29) is 13.0 Å². The predicted octanol–water partition coefficient (Wildman–Crippen LogP) is 1.11. The number of hydrogen-bond acceptors (Lipinski definition) is 4. The number of rotatable bonds is 7. The van der Waals surface area contributed by atoms with Crippen LogP contribution in [-0.2, 0) is 20.7 Å². The average molecular weight is 302 g/mol. The highest BCUT2D eigenvalue weighted by molar-refractivity contribution is 6.32. The minimum Gasteiger partial charge on any atom is -0.495 e. The maximum Gasteiger partial charge on any atom is 0.326 e. The number of carboxylic acid groups (broad SMARTS) is 1. The van der Waals surface area contributed by atoms with E-state index in [1.165, 1.54) is 14.2 Å². The average Bonchev–Trinajstić information content (AvgIpc) is 2.38. The monoisotopic (exact) mass is 301 g/mol. The first-order valence-electron chi connectivity index (χ1n) is 5.81. The second-order valence-corrected chi connectivity index (χ2v) is 4.47. The van der Waals surface area contributed by atoms with Crippen LogP contribution in [0.3, 0.4) is 0 Å². The Morgan fingerprint density at radius 2 is 2.10 bits per heavy atom. The topological polar surface area (TPSA) is 84.9 Å². The second-order valence-electron chi connectivity index (χ2n) is 4.06. The number of nitrogens with one attached hydrogen (secondary N) is 1. The molecule has 0 aliphatic carbocycles. The molecule has 1 aromatic rings. The molecule has 1 aromatic carbocycles. The molecule has 0 aliphatic heterocycles. The smallest absolute Gasteiger partial charge is 0.326 e. The fourth-order valence-corrected chi connectivity index (χ4v) is 1.92. The number of ether oxygens (including phenoxy) is 2. The van der Waals surface area contributed by atoms with Gasteiger partial charge in [-0.1, -0.05) is 17.7 Å². The van der Waals surface area contributed by atoms with E-state index < -0.39 is 17.9 Å². The third kappa shape index (κ3) is 4.71. The molecule has 110 valence electrons. The van der Waals surface area contributed by atoms with Gasteiger partial charge in [0.05, 0.1) is 12.1 Å². The zero-order chi connectivity index (χ0) is 15.1. The first-order chi connectivity index (χ1) is 9.47. The van der Waals surface area contributed by atoms with Crippen LogP contribution in [0.25, 0.3) is 0 Å². The Labute approximate surface area is 121 Å². The van der Waals surface area contributed by atoms with E-state index in [1.807, 2.05) is 0 Å². The van der Waals surface area contributed by atoms with Gasteiger partial charge in [-0.25, -0.2) is 4.79 Å². The van der Waals surface area contributed by atoms with Crippen LogP contribution in [0.1, 0.15) is 5.56 Å². The Balaban J connectivity index is 2.78. The number of halogens is 1.